The van der Waals surface area contributed by atoms with E-state index in [0.29, 0.717) is 26.1 Å². The molecule has 0 aromatic heterocycles. The molecule has 25 heavy (non-hydrogen) atoms. The molecule has 0 N–H and O–H groups in total. The first-order valence-corrected chi connectivity index (χ1v) is 8.38. The molecule has 2 aliphatic rings. The second kappa shape index (κ2) is 15.7. The molecule has 0 atom stereocenters. The zero-order chi connectivity index (χ0) is 17.6. The number of rotatable bonds is 8. The summed E-state index contributed by atoms with van der Waals surface area (Å²) in [6.45, 7) is 4.58. The van der Waals surface area contributed by atoms with Crippen molar-refractivity contribution in [3.05, 3.63) is 63.2 Å². The van der Waals surface area contributed by atoms with E-state index in [9.17, 15) is 9.59 Å². The number of hydrogen-bond donors (Lipinski definition) is 0. The molecule has 0 amide bonds. The summed E-state index contributed by atoms with van der Waals surface area (Å²) < 4.78 is 9.60. The van der Waals surface area contributed by atoms with Gasteiger partial charge in [0.2, 0.25) is 0 Å². The van der Waals surface area contributed by atoms with E-state index < -0.39 is 0 Å². The van der Waals surface area contributed by atoms with Crippen LogP contribution in [0.2, 0.25) is 0 Å². The van der Waals surface area contributed by atoms with Crippen LogP contribution in [0.3, 0.4) is 0 Å². The Bertz CT molecular complexity index is 314. The summed E-state index contributed by atoms with van der Waals surface area (Å²) in [6, 6.07) is 0. The fraction of sp³-hybridized carbons (Fsp3) is 0.400. The van der Waals surface area contributed by atoms with Crippen LogP contribution in [0.25, 0.3) is 0 Å². The first-order chi connectivity index (χ1) is 11.7. The van der Waals surface area contributed by atoms with Crippen molar-refractivity contribution in [3.8, 4) is 0 Å². The van der Waals surface area contributed by atoms with Crippen molar-refractivity contribution in [1.29, 1.82) is 0 Å². The van der Waals surface area contributed by atoms with Gasteiger partial charge in [0.05, 0.1) is 13.2 Å². The smallest absolute Gasteiger partial charge is 0.466 e. The number of hydrogen-bond acceptors (Lipinski definition) is 4. The summed E-state index contributed by atoms with van der Waals surface area (Å²) in [7, 11) is 0. The topological polar surface area (TPSA) is 52.6 Å². The Morgan fingerprint density at radius 1 is 0.720 bits per heavy atom. The molecule has 0 saturated heterocycles. The van der Waals surface area contributed by atoms with Crippen LogP contribution in [0, 0.1) is 63.2 Å². The Morgan fingerprint density at radius 3 is 1.32 bits per heavy atom. The number of carbonyl (C=O) groups is 2. The third-order valence-electron chi connectivity index (χ3n) is 3.31. The second-order valence-electron chi connectivity index (χ2n) is 5.20. The molecule has 0 aromatic carbocycles. The van der Waals surface area contributed by atoms with Crippen molar-refractivity contribution in [2.24, 2.45) is 0 Å². The van der Waals surface area contributed by atoms with Crippen LogP contribution in [0.1, 0.15) is 39.5 Å². The normalized spacial score (nSPS) is 17.4. The summed E-state index contributed by atoms with van der Waals surface area (Å²) in [5, 5.41) is 0. The molecule has 0 aromatic rings. The zero-order valence-electron chi connectivity index (χ0n) is 14.8. The van der Waals surface area contributed by atoms with E-state index in [2.05, 4.69) is 0 Å². The number of esters is 2. The minimum atomic E-state index is -0.112. The summed E-state index contributed by atoms with van der Waals surface area (Å²) >= 11 is 0. The monoisotopic (exact) mass is 386 g/mol. The van der Waals surface area contributed by atoms with Gasteiger partial charge in [-0.3, -0.25) is 9.59 Å². The second-order valence-corrected chi connectivity index (χ2v) is 5.20. The third kappa shape index (κ3) is 12.4. The molecule has 2 aliphatic carbocycles. The SMILES string of the molecule is CCOC(=O)CC[C]1[CH][CH][CH][CH]1.CCOC(=O)CC[C]1[CH][CH][CH][CH]1.[Fe+2]. The van der Waals surface area contributed by atoms with E-state index >= 15 is 0 Å². The summed E-state index contributed by atoms with van der Waals surface area (Å²) in [4.78, 5) is 21.8. The molecule has 10 radical (unpaired) electrons. The maximum atomic E-state index is 10.9. The van der Waals surface area contributed by atoms with Crippen LogP contribution in [0.4, 0.5) is 0 Å². The Hall–Kier alpha value is -0.541. The molecule has 0 spiro atoms. The number of carbonyl (C=O) groups excluding carboxylic acids is 2. The molecule has 136 valence electrons. The summed E-state index contributed by atoms with van der Waals surface area (Å²) in [5.74, 6) is 2.17. The third-order valence-corrected chi connectivity index (χ3v) is 3.31. The summed E-state index contributed by atoms with van der Waals surface area (Å²) in [5.41, 5.74) is 0. The average molecular weight is 386 g/mol. The molecule has 0 aliphatic heterocycles. The van der Waals surface area contributed by atoms with Gasteiger partial charge in [-0.2, -0.15) is 0 Å². The van der Waals surface area contributed by atoms with Crippen LogP contribution in [-0.4, -0.2) is 25.2 Å². The van der Waals surface area contributed by atoms with Crippen molar-refractivity contribution >= 4 is 11.9 Å². The first kappa shape index (κ1) is 24.5. The van der Waals surface area contributed by atoms with Crippen LogP contribution in [0.5, 0.6) is 0 Å². The average Bonchev–Trinajstić information content (AvgIpc) is 3.26. The molecule has 5 heteroatoms. The first-order valence-electron chi connectivity index (χ1n) is 8.38. The van der Waals surface area contributed by atoms with E-state index in [-0.39, 0.29) is 29.0 Å². The molecule has 0 bridgehead atoms. The Morgan fingerprint density at radius 2 is 1.04 bits per heavy atom. The van der Waals surface area contributed by atoms with Gasteiger partial charge < -0.3 is 9.47 Å². The molecule has 2 saturated carbocycles. The van der Waals surface area contributed by atoms with Crippen LogP contribution >= 0.6 is 0 Å². The standard InChI is InChI=1S/2C10H13O2.Fe/c2*1-2-12-10(11)8-7-9-5-3-4-6-9;/h2*3-6H,2,7-8H2,1H3;/q;;+2. The van der Waals surface area contributed by atoms with E-state index in [4.69, 9.17) is 9.47 Å². The van der Waals surface area contributed by atoms with Crippen LogP contribution in [0.15, 0.2) is 0 Å². The van der Waals surface area contributed by atoms with Gasteiger partial charge in [0.15, 0.2) is 0 Å². The Kier molecular flexibility index (Phi) is 15.4. The Balaban J connectivity index is 0.000000443. The quantitative estimate of drug-likeness (QED) is 0.474. The molecule has 2 fully saturated rings. The van der Waals surface area contributed by atoms with Gasteiger partial charge in [-0.05, 0) is 89.9 Å². The minimum Gasteiger partial charge on any atom is -0.466 e. The van der Waals surface area contributed by atoms with E-state index in [1.54, 1.807) is 0 Å². The van der Waals surface area contributed by atoms with E-state index in [1.807, 2.05) is 65.2 Å². The van der Waals surface area contributed by atoms with Gasteiger partial charge >= 0.3 is 29.0 Å². The van der Waals surface area contributed by atoms with E-state index in [0.717, 1.165) is 12.8 Å². The predicted octanol–water partition coefficient (Wildman–Crippen LogP) is 3.47. The van der Waals surface area contributed by atoms with Crippen LogP contribution in [-0.2, 0) is 36.1 Å². The van der Waals surface area contributed by atoms with Crippen molar-refractivity contribution in [2.75, 3.05) is 13.2 Å². The maximum Gasteiger partial charge on any atom is 2.00 e. The van der Waals surface area contributed by atoms with Crippen molar-refractivity contribution < 1.29 is 36.1 Å². The largest absolute Gasteiger partial charge is 2.00 e. The van der Waals surface area contributed by atoms with Crippen molar-refractivity contribution in [3.63, 3.8) is 0 Å². The van der Waals surface area contributed by atoms with Gasteiger partial charge in [0.25, 0.3) is 0 Å². The van der Waals surface area contributed by atoms with Gasteiger partial charge in [0, 0.05) is 12.8 Å². The van der Waals surface area contributed by atoms with Gasteiger partial charge in [0.1, 0.15) is 0 Å². The molecule has 0 unspecified atom stereocenters. The van der Waals surface area contributed by atoms with Crippen molar-refractivity contribution in [1.82, 2.24) is 0 Å². The fourth-order valence-corrected chi connectivity index (χ4v) is 2.12. The zero-order valence-corrected chi connectivity index (χ0v) is 16.0. The molecule has 4 nitrogen and oxygen atoms in total. The predicted molar refractivity (Wildman–Crippen MR) is 92.6 cm³/mol. The molecular formula is C20H26FeO4+2. The minimum absolute atomic E-state index is 0. The van der Waals surface area contributed by atoms with Crippen LogP contribution < -0.4 is 0 Å². The summed E-state index contributed by atoms with van der Waals surface area (Å²) in [6.07, 6.45) is 18.5. The van der Waals surface area contributed by atoms with Crippen molar-refractivity contribution in [2.45, 2.75) is 39.5 Å². The van der Waals surface area contributed by atoms with E-state index in [1.165, 1.54) is 11.8 Å². The molecule has 2 rings (SSSR count). The van der Waals surface area contributed by atoms with Gasteiger partial charge in [-0.15, -0.1) is 0 Å². The Labute approximate surface area is 164 Å². The number of ether oxygens (including phenoxy) is 2. The molecular weight excluding hydrogens is 360 g/mol. The fourth-order valence-electron chi connectivity index (χ4n) is 2.12. The maximum absolute atomic E-state index is 10.9. The van der Waals surface area contributed by atoms with Gasteiger partial charge in [-0.1, -0.05) is 0 Å². The van der Waals surface area contributed by atoms with Gasteiger partial charge in [-0.25, -0.2) is 0 Å². The molecule has 0 heterocycles.